The number of allylic oxidation sites excluding steroid dienone is 1. The van der Waals surface area contributed by atoms with E-state index in [4.69, 9.17) is 0 Å². The molecule has 1 aliphatic rings. The van der Waals surface area contributed by atoms with E-state index in [-0.39, 0.29) is 0 Å². The predicted molar refractivity (Wildman–Crippen MR) is 63.9 cm³/mol. The molecule has 0 saturated carbocycles. The third-order valence-electron chi connectivity index (χ3n) is 2.81. The summed E-state index contributed by atoms with van der Waals surface area (Å²) in [6.45, 7) is 2.22. The molecule has 1 heteroatoms. The lowest BCUT2D eigenvalue weighted by Gasteiger charge is -1.97. The summed E-state index contributed by atoms with van der Waals surface area (Å²) in [5, 5.41) is 1.43. The van der Waals surface area contributed by atoms with E-state index in [1.165, 1.54) is 26.1 Å². The van der Waals surface area contributed by atoms with Crippen molar-refractivity contribution in [2.75, 3.05) is 0 Å². The van der Waals surface area contributed by atoms with Crippen molar-refractivity contribution >= 4 is 27.5 Å². The molecule has 0 saturated heterocycles. The topological polar surface area (TPSA) is 0 Å². The van der Waals surface area contributed by atoms with Gasteiger partial charge in [-0.3, -0.25) is 0 Å². The van der Waals surface area contributed by atoms with Crippen LogP contribution in [0.2, 0.25) is 0 Å². The molecular weight excluding hydrogens is 188 g/mol. The third kappa shape index (κ3) is 1.12. The Hall–Kier alpha value is -1.08. The summed E-state index contributed by atoms with van der Waals surface area (Å²) >= 11 is 1.93. The summed E-state index contributed by atoms with van der Waals surface area (Å²) < 4.78 is 1.44. The van der Waals surface area contributed by atoms with Crippen molar-refractivity contribution in [1.82, 2.24) is 0 Å². The van der Waals surface area contributed by atoms with Gasteiger partial charge in [-0.1, -0.05) is 19.1 Å². The highest BCUT2D eigenvalue weighted by molar-refractivity contribution is 7.19. The van der Waals surface area contributed by atoms with Crippen LogP contribution in [0.25, 0.3) is 16.2 Å². The molecule has 0 amide bonds. The Kier molecular flexibility index (Phi) is 1.74. The molecule has 0 aliphatic heterocycles. The minimum absolute atomic E-state index is 1.11. The first-order valence-electron chi connectivity index (χ1n) is 5.08. The molecule has 1 aliphatic carbocycles. The summed E-state index contributed by atoms with van der Waals surface area (Å²) in [6, 6.07) is 7.01. The Balaban J connectivity index is 2.28. The summed E-state index contributed by atoms with van der Waals surface area (Å²) in [7, 11) is 0. The largest absolute Gasteiger partial charge is 0.140 e. The van der Waals surface area contributed by atoms with Crippen LogP contribution in [0.1, 0.15) is 22.9 Å². The zero-order valence-electron chi connectivity index (χ0n) is 8.21. The van der Waals surface area contributed by atoms with Crippen molar-refractivity contribution in [3.63, 3.8) is 0 Å². The van der Waals surface area contributed by atoms with Crippen LogP contribution in [-0.4, -0.2) is 0 Å². The fraction of sp³-hybridized carbons (Fsp3) is 0.231. The Labute approximate surface area is 87.9 Å². The molecule has 0 atom stereocenters. The van der Waals surface area contributed by atoms with Crippen molar-refractivity contribution in [3.05, 3.63) is 40.3 Å². The van der Waals surface area contributed by atoms with Gasteiger partial charge in [-0.15, -0.1) is 11.3 Å². The Morgan fingerprint density at radius 1 is 1.29 bits per heavy atom. The highest BCUT2D eigenvalue weighted by atomic mass is 32.1. The quantitative estimate of drug-likeness (QED) is 0.652. The minimum Gasteiger partial charge on any atom is -0.140 e. The lowest BCUT2D eigenvalue weighted by Crippen LogP contribution is -1.79. The highest BCUT2D eigenvalue weighted by Gasteiger charge is 2.08. The van der Waals surface area contributed by atoms with E-state index < -0.39 is 0 Å². The predicted octanol–water partition coefficient (Wildman–Crippen LogP) is 4.03. The second kappa shape index (κ2) is 2.96. The molecule has 3 rings (SSSR count). The number of fused-ring (bicyclic) bond motifs is 2. The molecule has 70 valence electrons. The average molecular weight is 200 g/mol. The lowest BCUT2D eigenvalue weighted by molar-refractivity contribution is 1.19. The molecule has 0 unspecified atom stereocenters. The van der Waals surface area contributed by atoms with E-state index in [2.05, 4.69) is 37.3 Å². The standard InChI is InChI=1S/C13H12S/c1-2-12-7-11-6-9-4-3-5-10(9)8-13(11)14-12/h3,5-8H,2,4H2,1H3. The van der Waals surface area contributed by atoms with Gasteiger partial charge < -0.3 is 0 Å². The van der Waals surface area contributed by atoms with Crippen LogP contribution in [0.3, 0.4) is 0 Å². The molecule has 0 spiro atoms. The maximum Gasteiger partial charge on any atom is 0.0351 e. The Morgan fingerprint density at radius 3 is 3.07 bits per heavy atom. The van der Waals surface area contributed by atoms with Gasteiger partial charge in [-0.2, -0.15) is 0 Å². The normalized spacial score (nSPS) is 13.8. The molecule has 0 bridgehead atoms. The fourth-order valence-electron chi connectivity index (χ4n) is 2.02. The SMILES string of the molecule is CCc1cc2cc3c(cc2s1)C=CC3. The van der Waals surface area contributed by atoms with E-state index in [9.17, 15) is 0 Å². The van der Waals surface area contributed by atoms with E-state index in [1.54, 1.807) is 0 Å². The number of hydrogen-bond donors (Lipinski definition) is 0. The molecule has 0 fully saturated rings. The van der Waals surface area contributed by atoms with Gasteiger partial charge in [0.1, 0.15) is 0 Å². The van der Waals surface area contributed by atoms with E-state index in [1.807, 2.05) is 11.3 Å². The maximum atomic E-state index is 2.35. The number of thiophene rings is 1. The third-order valence-corrected chi connectivity index (χ3v) is 4.05. The van der Waals surface area contributed by atoms with Gasteiger partial charge in [0.15, 0.2) is 0 Å². The smallest absolute Gasteiger partial charge is 0.0351 e. The molecule has 0 N–H and O–H groups in total. The monoisotopic (exact) mass is 200 g/mol. The van der Waals surface area contributed by atoms with E-state index in [0.29, 0.717) is 0 Å². The number of rotatable bonds is 1. The van der Waals surface area contributed by atoms with Crippen LogP contribution in [-0.2, 0) is 12.8 Å². The van der Waals surface area contributed by atoms with Gasteiger partial charge in [0.25, 0.3) is 0 Å². The number of aryl methyl sites for hydroxylation is 1. The highest BCUT2D eigenvalue weighted by Crippen LogP contribution is 2.31. The first-order chi connectivity index (χ1) is 6.86. The van der Waals surface area contributed by atoms with Crippen molar-refractivity contribution in [2.24, 2.45) is 0 Å². The van der Waals surface area contributed by atoms with E-state index in [0.717, 1.165) is 12.8 Å². The van der Waals surface area contributed by atoms with Crippen LogP contribution in [0.4, 0.5) is 0 Å². The van der Waals surface area contributed by atoms with Crippen LogP contribution < -0.4 is 0 Å². The number of hydrogen-bond acceptors (Lipinski definition) is 1. The molecule has 1 aromatic heterocycles. The number of benzene rings is 1. The van der Waals surface area contributed by atoms with E-state index >= 15 is 0 Å². The van der Waals surface area contributed by atoms with Gasteiger partial charge in [0, 0.05) is 9.58 Å². The molecule has 14 heavy (non-hydrogen) atoms. The van der Waals surface area contributed by atoms with Crippen LogP contribution in [0.5, 0.6) is 0 Å². The summed E-state index contributed by atoms with van der Waals surface area (Å²) in [5.74, 6) is 0. The van der Waals surface area contributed by atoms with Gasteiger partial charge in [-0.25, -0.2) is 0 Å². The van der Waals surface area contributed by atoms with Gasteiger partial charge in [0.2, 0.25) is 0 Å². The first-order valence-corrected chi connectivity index (χ1v) is 5.90. The summed E-state index contributed by atoms with van der Waals surface area (Å²) in [5.41, 5.74) is 2.90. The van der Waals surface area contributed by atoms with Gasteiger partial charge in [-0.05, 0) is 47.6 Å². The maximum absolute atomic E-state index is 2.35. The lowest BCUT2D eigenvalue weighted by atomic mass is 10.1. The second-order valence-corrected chi connectivity index (χ2v) is 4.93. The van der Waals surface area contributed by atoms with Crippen LogP contribution in [0, 0.1) is 0 Å². The minimum atomic E-state index is 1.11. The summed E-state index contributed by atoms with van der Waals surface area (Å²) in [4.78, 5) is 1.49. The summed E-state index contributed by atoms with van der Waals surface area (Å²) in [6.07, 6.45) is 6.75. The molecule has 2 aromatic rings. The van der Waals surface area contributed by atoms with Gasteiger partial charge >= 0.3 is 0 Å². The average Bonchev–Trinajstić information content (AvgIpc) is 2.77. The Bertz CT molecular complexity index is 517. The zero-order valence-corrected chi connectivity index (χ0v) is 9.03. The van der Waals surface area contributed by atoms with Crippen LogP contribution >= 0.6 is 11.3 Å². The Morgan fingerprint density at radius 2 is 2.21 bits per heavy atom. The molecule has 0 radical (unpaired) electrons. The van der Waals surface area contributed by atoms with Crippen LogP contribution in [0.15, 0.2) is 24.3 Å². The van der Waals surface area contributed by atoms with Crippen molar-refractivity contribution in [1.29, 1.82) is 0 Å². The van der Waals surface area contributed by atoms with Crippen molar-refractivity contribution in [3.8, 4) is 0 Å². The molecule has 1 aromatic carbocycles. The molecule has 0 nitrogen and oxygen atoms in total. The van der Waals surface area contributed by atoms with Gasteiger partial charge in [0.05, 0.1) is 0 Å². The second-order valence-electron chi connectivity index (χ2n) is 3.76. The molecular formula is C13H12S. The zero-order chi connectivity index (χ0) is 9.54. The fourth-order valence-corrected chi connectivity index (χ4v) is 3.06. The van der Waals surface area contributed by atoms with Crippen molar-refractivity contribution < 1.29 is 0 Å². The molecule has 1 heterocycles. The van der Waals surface area contributed by atoms with Crippen molar-refractivity contribution in [2.45, 2.75) is 19.8 Å². The first kappa shape index (κ1) is 8.25.